The van der Waals surface area contributed by atoms with Gasteiger partial charge in [0.05, 0.1) is 0 Å². The van der Waals surface area contributed by atoms with E-state index in [0.717, 1.165) is 22.2 Å². The Morgan fingerprint density at radius 2 is 1.69 bits per heavy atom. The number of pyridine rings is 1. The molecule has 0 atom stereocenters. The minimum absolute atomic E-state index is 0.0330. The van der Waals surface area contributed by atoms with Crippen LogP contribution in [-0.2, 0) is 11.2 Å². The molecular formula is C24H23N7O. The highest BCUT2D eigenvalue weighted by Crippen LogP contribution is 2.34. The van der Waals surface area contributed by atoms with Crippen molar-refractivity contribution in [2.45, 2.75) is 27.2 Å². The summed E-state index contributed by atoms with van der Waals surface area (Å²) >= 11 is 0. The van der Waals surface area contributed by atoms with Crippen LogP contribution in [0.2, 0.25) is 0 Å². The third kappa shape index (κ3) is 3.82. The van der Waals surface area contributed by atoms with Crippen molar-refractivity contribution in [3.63, 3.8) is 0 Å². The molecule has 160 valence electrons. The molecule has 3 N–H and O–H groups in total. The molecule has 4 aromatic rings. The minimum atomic E-state index is -0.451. The molecule has 32 heavy (non-hydrogen) atoms. The van der Waals surface area contributed by atoms with E-state index in [-0.39, 0.29) is 5.91 Å². The van der Waals surface area contributed by atoms with Gasteiger partial charge in [0.25, 0.3) is 0 Å². The summed E-state index contributed by atoms with van der Waals surface area (Å²) in [6.07, 6.45) is 2.09. The lowest BCUT2D eigenvalue weighted by Crippen LogP contribution is -2.37. The van der Waals surface area contributed by atoms with Crippen LogP contribution in [0.5, 0.6) is 0 Å². The molecule has 1 aliphatic heterocycles. The Balaban J connectivity index is 1.38. The van der Waals surface area contributed by atoms with E-state index in [2.05, 4.69) is 48.0 Å². The Morgan fingerprint density at radius 3 is 2.50 bits per heavy atom. The van der Waals surface area contributed by atoms with E-state index >= 15 is 0 Å². The van der Waals surface area contributed by atoms with Gasteiger partial charge in [-0.15, -0.1) is 0 Å². The number of nitrogens with zero attached hydrogens (tertiary/aromatic N) is 4. The average Bonchev–Trinajstić information content (AvgIpc) is 2.76. The second kappa shape index (κ2) is 7.56. The first-order valence-corrected chi connectivity index (χ1v) is 10.4. The Bertz CT molecular complexity index is 1350. The summed E-state index contributed by atoms with van der Waals surface area (Å²) < 4.78 is 0. The van der Waals surface area contributed by atoms with E-state index in [1.54, 1.807) is 0 Å². The molecule has 5 rings (SSSR count). The van der Waals surface area contributed by atoms with Crippen LogP contribution in [0.15, 0.2) is 54.9 Å². The number of benzene rings is 2. The third-order valence-corrected chi connectivity index (χ3v) is 5.58. The predicted octanol–water partition coefficient (Wildman–Crippen LogP) is 4.74. The molecule has 2 aromatic carbocycles. The van der Waals surface area contributed by atoms with Crippen molar-refractivity contribution in [2.75, 3.05) is 16.0 Å². The normalized spacial score (nSPS) is 14.5. The molecule has 0 spiro atoms. The highest BCUT2D eigenvalue weighted by atomic mass is 16.2. The zero-order valence-corrected chi connectivity index (χ0v) is 18.1. The molecule has 8 nitrogen and oxygen atoms in total. The van der Waals surface area contributed by atoms with E-state index < -0.39 is 5.41 Å². The smallest absolute Gasteiger partial charge is 0.233 e. The summed E-state index contributed by atoms with van der Waals surface area (Å²) in [4.78, 5) is 29.8. The summed E-state index contributed by atoms with van der Waals surface area (Å²) in [6, 6.07) is 16.3. The molecule has 0 saturated heterocycles. The van der Waals surface area contributed by atoms with Gasteiger partial charge in [-0.3, -0.25) is 4.79 Å². The van der Waals surface area contributed by atoms with Crippen molar-refractivity contribution in [2.24, 2.45) is 5.41 Å². The number of hydrogen-bond donors (Lipinski definition) is 3. The molecule has 8 heteroatoms. The van der Waals surface area contributed by atoms with Gasteiger partial charge in [-0.1, -0.05) is 44.2 Å². The van der Waals surface area contributed by atoms with E-state index in [1.807, 2.05) is 57.2 Å². The van der Waals surface area contributed by atoms with Gasteiger partial charge in [-0.2, -0.15) is 4.98 Å². The molecule has 0 unspecified atom stereocenters. The quantitative estimate of drug-likeness (QED) is 0.434. The van der Waals surface area contributed by atoms with E-state index in [0.29, 0.717) is 30.0 Å². The lowest BCUT2D eigenvalue weighted by molar-refractivity contribution is -0.124. The van der Waals surface area contributed by atoms with Gasteiger partial charge in [0.15, 0.2) is 0 Å². The summed E-state index contributed by atoms with van der Waals surface area (Å²) in [5.41, 5.74) is 2.40. The maximum Gasteiger partial charge on any atom is 0.233 e. The molecule has 0 fully saturated rings. The zero-order chi connectivity index (χ0) is 22.3. The monoisotopic (exact) mass is 425 g/mol. The number of rotatable bonds is 4. The minimum Gasteiger partial charge on any atom is -0.324 e. The molecule has 0 aliphatic carbocycles. The fourth-order valence-electron chi connectivity index (χ4n) is 3.79. The summed E-state index contributed by atoms with van der Waals surface area (Å²) in [5, 5.41) is 11.6. The number of carbonyl (C=O) groups is 1. The van der Waals surface area contributed by atoms with Crippen LogP contribution < -0.4 is 16.0 Å². The number of nitrogens with one attached hydrogen (secondary N) is 3. The van der Waals surface area contributed by atoms with Gasteiger partial charge in [0.1, 0.15) is 18.0 Å². The topological polar surface area (TPSA) is 105 Å². The molecule has 2 aromatic heterocycles. The van der Waals surface area contributed by atoms with Gasteiger partial charge in [0, 0.05) is 11.1 Å². The lowest BCUT2D eigenvalue weighted by atomic mass is 9.82. The standard InChI is InChI=1S/C24H23N7O/c1-14-10-17-12-24(2,3)21(32)29-20(17)28-19(14)30-23-26-13-25-22(31-23)27-18-9-8-15-6-4-5-7-16(15)11-18/h4-11,13H,12H2,1-3H3,(H3,25,26,27,28,29,30,31,32). The van der Waals surface area contributed by atoms with Crippen LogP contribution in [0.25, 0.3) is 10.8 Å². The molecule has 0 saturated carbocycles. The number of amides is 1. The van der Waals surface area contributed by atoms with Crippen molar-refractivity contribution < 1.29 is 4.79 Å². The molecular weight excluding hydrogens is 402 g/mol. The summed E-state index contributed by atoms with van der Waals surface area (Å²) in [5.74, 6) is 1.91. The van der Waals surface area contributed by atoms with E-state index in [1.165, 1.54) is 11.7 Å². The Morgan fingerprint density at radius 1 is 0.938 bits per heavy atom. The Labute approximate surface area is 185 Å². The van der Waals surface area contributed by atoms with Crippen LogP contribution in [-0.4, -0.2) is 25.8 Å². The van der Waals surface area contributed by atoms with Gasteiger partial charge in [-0.25, -0.2) is 15.0 Å². The molecule has 3 heterocycles. The van der Waals surface area contributed by atoms with E-state index in [9.17, 15) is 4.79 Å². The zero-order valence-electron chi connectivity index (χ0n) is 18.1. The predicted molar refractivity (Wildman–Crippen MR) is 125 cm³/mol. The average molecular weight is 425 g/mol. The van der Waals surface area contributed by atoms with Crippen LogP contribution >= 0.6 is 0 Å². The number of aryl methyl sites for hydroxylation is 1. The van der Waals surface area contributed by atoms with Crippen molar-refractivity contribution in [1.29, 1.82) is 0 Å². The lowest BCUT2D eigenvalue weighted by Gasteiger charge is -2.30. The van der Waals surface area contributed by atoms with Crippen molar-refractivity contribution in [3.05, 3.63) is 66.0 Å². The maximum absolute atomic E-state index is 12.3. The van der Waals surface area contributed by atoms with Crippen LogP contribution in [0, 0.1) is 12.3 Å². The van der Waals surface area contributed by atoms with E-state index in [4.69, 9.17) is 0 Å². The van der Waals surface area contributed by atoms with Gasteiger partial charge >= 0.3 is 0 Å². The Hall–Kier alpha value is -4.07. The summed E-state index contributed by atoms with van der Waals surface area (Å²) in [7, 11) is 0. The van der Waals surface area contributed by atoms with Crippen LogP contribution in [0.4, 0.5) is 29.2 Å². The van der Waals surface area contributed by atoms with Crippen LogP contribution in [0.1, 0.15) is 25.0 Å². The highest BCUT2D eigenvalue weighted by molar-refractivity contribution is 5.97. The SMILES string of the molecule is Cc1cc2c(nc1Nc1ncnc(Nc3ccc4ccccc4c3)n1)NC(=O)C(C)(C)C2. The molecule has 1 amide bonds. The second-order valence-electron chi connectivity index (χ2n) is 8.62. The maximum atomic E-state index is 12.3. The Kier molecular flexibility index (Phi) is 4.70. The first-order valence-electron chi connectivity index (χ1n) is 10.4. The molecule has 1 aliphatic rings. The third-order valence-electron chi connectivity index (χ3n) is 5.58. The number of aromatic nitrogens is 4. The molecule has 0 bridgehead atoms. The van der Waals surface area contributed by atoms with Gasteiger partial charge in [-0.05, 0) is 53.4 Å². The first-order chi connectivity index (χ1) is 15.4. The first kappa shape index (κ1) is 19.9. The van der Waals surface area contributed by atoms with Crippen molar-refractivity contribution in [3.8, 4) is 0 Å². The second-order valence-corrected chi connectivity index (χ2v) is 8.62. The van der Waals surface area contributed by atoms with Crippen LogP contribution in [0.3, 0.4) is 0 Å². The molecule has 0 radical (unpaired) electrons. The highest BCUT2D eigenvalue weighted by Gasteiger charge is 2.34. The largest absolute Gasteiger partial charge is 0.324 e. The number of hydrogen-bond acceptors (Lipinski definition) is 7. The van der Waals surface area contributed by atoms with Gasteiger partial charge in [0.2, 0.25) is 17.8 Å². The van der Waals surface area contributed by atoms with Crippen molar-refractivity contribution in [1.82, 2.24) is 19.9 Å². The summed E-state index contributed by atoms with van der Waals surface area (Å²) in [6.45, 7) is 5.83. The number of fused-ring (bicyclic) bond motifs is 2. The number of carbonyl (C=O) groups excluding carboxylic acids is 1. The fraction of sp³-hybridized carbons (Fsp3) is 0.208. The fourth-order valence-corrected chi connectivity index (χ4v) is 3.79. The van der Waals surface area contributed by atoms with Crippen molar-refractivity contribution >= 4 is 45.9 Å². The number of anilines is 5. The van der Waals surface area contributed by atoms with Gasteiger partial charge < -0.3 is 16.0 Å².